The first-order chi connectivity index (χ1) is 13.2. The highest BCUT2D eigenvalue weighted by atomic mass is 16.5. The maximum atomic E-state index is 13.0. The van der Waals surface area contributed by atoms with Gasteiger partial charge in [-0.15, -0.1) is 0 Å². The van der Waals surface area contributed by atoms with Gasteiger partial charge < -0.3 is 15.0 Å². The topological polar surface area (TPSA) is 67.3 Å². The van der Waals surface area contributed by atoms with Crippen LogP contribution in [0.3, 0.4) is 0 Å². The number of anilines is 2. The molecule has 3 aromatic rings. The molecule has 0 saturated heterocycles. The van der Waals surface area contributed by atoms with Crippen LogP contribution in [-0.2, 0) is 4.74 Å². The lowest BCUT2D eigenvalue weighted by Crippen LogP contribution is -2.27. The van der Waals surface area contributed by atoms with Gasteiger partial charge in [-0.25, -0.2) is 9.97 Å². The Hall–Kier alpha value is -3.25. The Morgan fingerprint density at radius 3 is 2.37 bits per heavy atom. The average Bonchev–Trinajstić information content (AvgIpc) is 2.74. The van der Waals surface area contributed by atoms with E-state index in [1.54, 1.807) is 25.1 Å². The van der Waals surface area contributed by atoms with Crippen molar-refractivity contribution < 1.29 is 9.53 Å². The van der Waals surface area contributed by atoms with Crippen molar-refractivity contribution in [2.24, 2.45) is 0 Å². The molecule has 0 atom stereocenters. The molecule has 2 aromatic carbocycles. The summed E-state index contributed by atoms with van der Waals surface area (Å²) >= 11 is 0. The van der Waals surface area contributed by atoms with Gasteiger partial charge in [-0.05, 0) is 12.1 Å². The van der Waals surface area contributed by atoms with Gasteiger partial charge in [0.15, 0.2) is 5.82 Å². The molecule has 0 unspecified atom stereocenters. The van der Waals surface area contributed by atoms with Gasteiger partial charge in [-0.3, -0.25) is 4.79 Å². The summed E-state index contributed by atoms with van der Waals surface area (Å²) in [6.45, 7) is 1.13. The smallest absolute Gasteiger partial charge is 0.276 e. The highest BCUT2D eigenvalue weighted by molar-refractivity contribution is 6.05. The number of ether oxygens (including phenoxy) is 1. The molecule has 0 aliphatic heterocycles. The van der Waals surface area contributed by atoms with Gasteiger partial charge in [0.1, 0.15) is 11.5 Å². The van der Waals surface area contributed by atoms with Crippen LogP contribution in [0.2, 0.25) is 0 Å². The maximum Gasteiger partial charge on any atom is 0.276 e. The SMILES string of the molecule is COCCNc1cc(C(=O)N(C)c2ccccc2)nc(-c2ccccc2)n1. The van der Waals surface area contributed by atoms with Crippen LogP contribution in [0.15, 0.2) is 66.7 Å². The molecule has 27 heavy (non-hydrogen) atoms. The van der Waals surface area contributed by atoms with Crippen molar-refractivity contribution in [3.8, 4) is 11.4 Å². The third-order valence-electron chi connectivity index (χ3n) is 4.04. The molecular formula is C21H22N4O2. The molecular weight excluding hydrogens is 340 g/mol. The summed E-state index contributed by atoms with van der Waals surface area (Å²) < 4.78 is 5.07. The van der Waals surface area contributed by atoms with E-state index >= 15 is 0 Å². The van der Waals surface area contributed by atoms with Gasteiger partial charge in [0.25, 0.3) is 5.91 Å². The van der Waals surface area contributed by atoms with Crippen molar-refractivity contribution in [1.82, 2.24) is 9.97 Å². The predicted molar refractivity (Wildman–Crippen MR) is 107 cm³/mol. The molecule has 3 rings (SSSR count). The van der Waals surface area contributed by atoms with E-state index < -0.39 is 0 Å². The molecule has 0 radical (unpaired) electrons. The predicted octanol–water partition coefficient (Wildman–Crippen LogP) is 3.48. The van der Waals surface area contributed by atoms with Crippen LogP contribution in [0.5, 0.6) is 0 Å². The Bertz CT molecular complexity index is 885. The fourth-order valence-electron chi connectivity index (χ4n) is 2.59. The van der Waals surface area contributed by atoms with Gasteiger partial charge in [-0.2, -0.15) is 0 Å². The van der Waals surface area contributed by atoms with Crippen LogP contribution in [0, 0.1) is 0 Å². The van der Waals surface area contributed by atoms with Crippen LogP contribution in [0.1, 0.15) is 10.5 Å². The van der Waals surface area contributed by atoms with E-state index in [1.165, 1.54) is 0 Å². The lowest BCUT2D eigenvalue weighted by Gasteiger charge is -2.18. The highest BCUT2D eigenvalue weighted by Gasteiger charge is 2.18. The lowest BCUT2D eigenvalue weighted by molar-refractivity contribution is 0.0988. The second-order valence-corrected chi connectivity index (χ2v) is 5.95. The van der Waals surface area contributed by atoms with Crippen LogP contribution < -0.4 is 10.2 Å². The fraction of sp³-hybridized carbons (Fsp3) is 0.190. The number of nitrogens with zero attached hydrogens (tertiary/aromatic N) is 3. The number of carbonyl (C=O) groups is 1. The van der Waals surface area contributed by atoms with Crippen LogP contribution in [0.25, 0.3) is 11.4 Å². The Morgan fingerprint density at radius 1 is 1.04 bits per heavy atom. The van der Waals surface area contributed by atoms with Crippen LogP contribution in [-0.4, -0.2) is 43.2 Å². The molecule has 1 N–H and O–H groups in total. The molecule has 0 spiro atoms. The minimum absolute atomic E-state index is 0.199. The summed E-state index contributed by atoms with van der Waals surface area (Å²) in [7, 11) is 3.38. The molecule has 0 aliphatic carbocycles. The van der Waals surface area contributed by atoms with E-state index in [1.807, 2.05) is 60.7 Å². The molecule has 0 fully saturated rings. The number of methoxy groups -OCH3 is 1. The third kappa shape index (κ3) is 4.68. The van der Waals surface area contributed by atoms with E-state index in [0.717, 1.165) is 11.3 Å². The second-order valence-electron chi connectivity index (χ2n) is 5.95. The fourth-order valence-corrected chi connectivity index (χ4v) is 2.59. The molecule has 138 valence electrons. The van der Waals surface area contributed by atoms with Crippen molar-refractivity contribution >= 4 is 17.4 Å². The summed E-state index contributed by atoms with van der Waals surface area (Å²) in [5.74, 6) is 0.893. The molecule has 0 aliphatic rings. The molecule has 0 saturated carbocycles. The van der Waals surface area contributed by atoms with Gasteiger partial charge in [-0.1, -0.05) is 48.5 Å². The molecule has 1 amide bonds. The molecule has 0 bridgehead atoms. The van der Waals surface area contributed by atoms with E-state index in [0.29, 0.717) is 30.5 Å². The Kier molecular flexibility index (Phi) is 6.12. The number of amides is 1. The van der Waals surface area contributed by atoms with Gasteiger partial charge in [0, 0.05) is 38.0 Å². The molecule has 1 aromatic heterocycles. The molecule has 1 heterocycles. The van der Waals surface area contributed by atoms with Crippen molar-refractivity contribution in [3.05, 3.63) is 72.4 Å². The number of benzene rings is 2. The number of nitrogens with one attached hydrogen (secondary N) is 1. The summed E-state index contributed by atoms with van der Waals surface area (Å²) in [5, 5.41) is 3.18. The van der Waals surface area contributed by atoms with E-state index in [2.05, 4.69) is 15.3 Å². The Balaban J connectivity index is 1.95. The minimum atomic E-state index is -0.199. The molecule has 6 nitrogen and oxygen atoms in total. The first-order valence-corrected chi connectivity index (χ1v) is 8.69. The van der Waals surface area contributed by atoms with Crippen molar-refractivity contribution in [2.75, 3.05) is 37.5 Å². The zero-order valence-electron chi connectivity index (χ0n) is 15.4. The van der Waals surface area contributed by atoms with Gasteiger partial charge in [0.05, 0.1) is 6.61 Å². The third-order valence-corrected chi connectivity index (χ3v) is 4.04. The van der Waals surface area contributed by atoms with Crippen molar-refractivity contribution in [1.29, 1.82) is 0 Å². The van der Waals surface area contributed by atoms with E-state index in [-0.39, 0.29) is 5.91 Å². The molecule has 6 heteroatoms. The number of hydrogen-bond acceptors (Lipinski definition) is 5. The quantitative estimate of drug-likeness (QED) is 0.652. The first kappa shape index (κ1) is 18.5. The largest absolute Gasteiger partial charge is 0.383 e. The monoisotopic (exact) mass is 362 g/mol. The van der Waals surface area contributed by atoms with Crippen LogP contribution in [0.4, 0.5) is 11.5 Å². The Labute approximate surface area is 158 Å². The maximum absolute atomic E-state index is 13.0. The number of rotatable bonds is 7. The highest BCUT2D eigenvalue weighted by Crippen LogP contribution is 2.20. The standard InChI is InChI=1S/C21H22N4O2/c1-25(17-11-7-4-8-12-17)21(26)18-15-19(22-13-14-27-2)24-20(23-18)16-9-5-3-6-10-16/h3-12,15H,13-14H2,1-2H3,(H,22,23,24). The summed E-state index contributed by atoms with van der Waals surface area (Å²) in [5.41, 5.74) is 1.98. The number of aromatic nitrogens is 2. The van der Waals surface area contributed by atoms with Crippen molar-refractivity contribution in [2.45, 2.75) is 0 Å². The summed E-state index contributed by atoms with van der Waals surface area (Å²) in [6, 6.07) is 20.7. The average molecular weight is 362 g/mol. The normalized spacial score (nSPS) is 10.4. The van der Waals surface area contributed by atoms with Gasteiger partial charge >= 0.3 is 0 Å². The van der Waals surface area contributed by atoms with Gasteiger partial charge in [0.2, 0.25) is 0 Å². The van der Waals surface area contributed by atoms with E-state index in [9.17, 15) is 4.79 Å². The van der Waals surface area contributed by atoms with E-state index in [4.69, 9.17) is 4.74 Å². The lowest BCUT2D eigenvalue weighted by atomic mass is 10.2. The van der Waals surface area contributed by atoms with Crippen molar-refractivity contribution in [3.63, 3.8) is 0 Å². The number of hydrogen-bond donors (Lipinski definition) is 1. The minimum Gasteiger partial charge on any atom is -0.383 e. The zero-order valence-corrected chi connectivity index (χ0v) is 15.4. The zero-order chi connectivity index (χ0) is 19.1. The summed E-state index contributed by atoms with van der Waals surface area (Å²) in [6.07, 6.45) is 0. The summed E-state index contributed by atoms with van der Waals surface area (Å²) in [4.78, 5) is 23.6. The number of carbonyl (C=O) groups excluding carboxylic acids is 1. The second kappa shape index (κ2) is 8.91. The Morgan fingerprint density at radius 2 is 1.70 bits per heavy atom. The number of para-hydroxylation sites is 1. The van der Waals surface area contributed by atoms with Crippen LogP contribution >= 0.6 is 0 Å². The first-order valence-electron chi connectivity index (χ1n) is 8.69.